The molecule has 0 aromatic heterocycles. The zero-order chi connectivity index (χ0) is 18.6. The van der Waals surface area contributed by atoms with E-state index < -0.39 is 0 Å². The summed E-state index contributed by atoms with van der Waals surface area (Å²) in [4.78, 5) is 14.0. The number of carbonyl (C=O) groups excluding carboxylic acids is 1. The summed E-state index contributed by atoms with van der Waals surface area (Å²) in [6.45, 7) is 4.49. The predicted octanol–water partition coefficient (Wildman–Crippen LogP) is 4.63. The number of nitrogens with zero attached hydrogens (tertiary/aromatic N) is 1. The van der Waals surface area contributed by atoms with Gasteiger partial charge in [0.2, 0.25) is 0 Å². The molecule has 1 fully saturated rings. The molecule has 0 saturated carbocycles. The number of fused-ring (bicyclic) bond motifs is 2. The van der Waals surface area contributed by atoms with E-state index in [2.05, 4.69) is 65.6 Å². The molecular weight excluding hydrogens is 334 g/mol. The van der Waals surface area contributed by atoms with Gasteiger partial charge in [0.05, 0.1) is 13.2 Å². The first-order valence-electron chi connectivity index (χ1n) is 9.73. The van der Waals surface area contributed by atoms with Gasteiger partial charge in [0.15, 0.2) is 0 Å². The molecule has 1 aliphatic carbocycles. The summed E-state index contributed by atoms with van der Waals surface area (Å²) in [7, 11) is 0. The molecule has 4 rings (SSSR count). The Labute approximate surface area is 161 Å². The van der Waals surface area contributed by atoms with Gasteiger partial charge in [-0.25, -0.2) is 0 Å². The molecule has 0 radical (unpaired) electrons. The maximum atomic E-state index is 11.8. The Hall–Kier alpha value is -2.65. The fourth-order valence-corrected chi connectivity index (χ4v) is 4.07. The molecule has 0 amide bonds. The zero-order valence-electron chi connectivity index (χ0n) is 15.8. The fraction of sp³-hybridized carbons (Fsp3) is 0.292. The number of rotatable bonds is 3. The van der Waals surface area contributed by atoms with Crippen LogP contribution in [0.25, 0.3) is 17.7 Å². The minimum atomic E-state index is -0.122. The van der Waals surface area contributed by atoms with Crippen LogP contribution >= 0.6 is 0 Å². The molecule has 3 nitrogen and oxygen atoms in total. The molecule has 2 aromatic rings. The second-order valence-corrected chi connectivity index (χ2v) is 7.07. The lowest BCUT2D eigenvalue weighted by Crippen LogP contribution is -2.36. The molecular formula is C24H25NO2. The van der Waals surface area contributed by atoms with Gasteiger partial charge >= 0.3 is 5.97 Å². The van der Waals surface area contributed by atoms with Gasteiger partial charge in [0.25, 0.3) is 0 Å². The second-order valence-electron chi connectivity index (χ2n) is 7.07. The highest BCUT2D eigenvalue weighted by Crippen LogP contribution is 2.38. The summed E-state index contributed by atoms with van der Waals surface area (Å²) in [6, 6.07) is 17.3. The van der Waals surface area contributed by atoms with Crippen LogP contribution in [-0.2, 0) is 9.53 Å². The highest BCUT2D eigenvalue weighted by atomic mass is 16.5. The number of esters is 1. The second kappa shape index (κ2) is 7.93. The summed E-state index contributed by atoms with van der Waals surface area (Å²) >= 11 is 0. The van der Waals surface area contributed by atoms with Crippen LogP contribution in [0.1, 0.15) is 42.0 Å². The van der Waals surface area contributed by atoms with E-state index in [9.17, 15) is 4.79 Å². The molecule has 0 N–H and O–H groups in total. The summed E-state index contributed by atoms with van der Waals surface area (Å²) in [5.74, 6) is -0.122. The van der Waals surface area contributed by atoms with Crippen LogP contribution in [0, 0.1) is 0 Å². The van der Waals surface area contributed by atoms with Crippen molar-refractivity contribution in [2.24, 2.45) is 0 Å². The third-order valence-electron chi connectivity index (χ3n) is 5.37. The van der Waals surface area contributed by atoms with E-state index in [1.165, 1.54) is 33.4 Å². The highest BCUT2D eigenvalue weighted by molar-refractivity contribution is 5.94. The van der Waals surface area contributed by atoms with Gasteiger partial charge in [0.1, 0.15) is 0 Å². The Bertz CT molecular complexity index is 849. The highest BCUT2D eigenvalue weighted by Gasteiger charge is 2.23. The minimum Gasteiger partial charge on any atom is -0.465 e. The minimum absolute atomic E-state index is 0.122. The van der Waals surface area contributed by atoms with E-state index in [4.69, 9.17) is 4.74 Å². The third kappa shape index (κ3) is 3.74. The maximum Gasteiger partial charge on any atom is 0.320 e. The first-order valence-corrected chi connectivity index (χ1v) is 9.73. The molecule has 0 atom stereocenters. The normalized spacial score (nSPS) is 16.5. The maximum absolute atomic E-state index is 11.8. The van der Waals surface area contributed by atoms with Crippen molar-refractivity contribution in [1.29, 1.82) is 0 Å². The quantitative estimate of drug-likeness (QED) is 0.639. The Balaban J connectivity index is 1.67. The Kier molecular flexibility index (Phi) is 5.21. The van der Waals surface area contributed by atoms with E-state index in [1.54, 1.807) is 0 Å². The molecule has 1 saturated heterocycles. The number of likely N-dealkylation sites (tertiary alicyclic amines) is 1. The first-order chi connectivity index (χ1) is 13.3. The molecule has 138 valence electrons. The SMILES string of the molecule is CCOC(=O)CN1CCC(=C2c3ccccc3C=Cc3ccccc32)CC1. The van der Waals surface area contributed by atoms with E-state index in [0.717, 1.165) is 25.9 Å². The van der Waals surface area contributed by atoms with E-state index >= 15 is 0 Å². The molecule has 1 heterocycles. The molecule has 0 bridgehead atoms. The summed E-state index contributed by atoms with van der Waals surface area (Å²) in [5.41, 5.74) is 8.02. The molecule has 0 spiro atoms. The average molecular weight is 359 g/mol. The Morgan fingerprint density at radius 2 is 1.48 bits per heavy atom. The summed E-state index contributed by atoms with van der Waals surface area (Å²) in [5, 5.41) is 0. The first kappa shape index (κ1) is 17.7. The van der Waals surface area contributed by atoms with Crippen molar-refractivity contribution in [2.45, 2.75) is 19.8 Å². The lowest BCUT2D eigenvalue weighted by Gasteiger charge is -2.29. The standard InChI is InChI=1S/C24H25NO2/c1-2-27-23(26)17-25-15-13-20(14-16-25)24-21-9-5-3-7-18(21)11-12-19-8-4-6-10-22(19)24/h3-12H,2,13-17H2,1H3. The van der Waals surface area contributed by atoms with Crippen molar-refractivity contribution in [3.63, 3.8) is 0 Å². The van der Waals surface area contributed by atoms with Crippen LogP contribution in [-0.4, -0.2) is 37.1 Å². The molecule has 0 unspecified atom stereocenters. The summed E-state index contributed by atoms with van der Waals surface area (Å²) in [6.07, 6.45) is 6.41. The van der Waals surface area contributed by atoms with Crippen molar-refractivity contribution in [1.82, 2.24) is 4.90 Å². The molecule has 1 aliphatic heterocycles. The van der Waals surface area contributed by atoms with Crippen LogP contribution < -0.4 is 0 Å². The van der Waals surface area contributed by atoms with Crippen LogP contribution in [0.2, 0.25) is 0 Å². The van der Waals surface area contributed by atoms with Crippen molar-refractivity contribution in [3.8, 4) is 0 Å². The van der Waals surface area contributed by atoms with Gasteiger partial charge in [-0.1, -0.05) is 66.3 Å². The van der Waals surface area contributed by atoms with Crippen LogP contribution in [0.5, 0.6) is 0 Å². The molecule has 2 aromatic carbocycles. The fourth-order valence-electron chi connectivity index (χ4n) is 4.07. The van der Waals surface area contributed by atoms with Crippen LogP contribution in [0.15, 0.2) is 54.1 Å². The van der Waals surface area contributed by atoms with E-state index in [-0.39, 0.29) is 5.97 Å². The molecule has 27 heavy (non-hydrogen) atoms. The van der Waals surface area contributed by atoms with Crippen LogP contribution in [0.3, 0.4) is 0 Å². The number of carbonyl (C=O) groups is 1. The van der Waals surface area contributed by atoms with Gasteiger partial charge in [-0.05, 0) is 47.6 Å². The van der Waals surface area contributed by atoms with Gasteiger partial charge in [-0.15, -0.1) is 0 Å². The largest absolute Gasteiger partial charge is 0.465 e. The van der Waals surface area contributed by atoms with E-state index in [1.807, 2.05) is 6.92 Å². The lowest BCUT2D eigenvalue weighted by atomic mass is 9.86. The van der Waals surface area contributed by atoms with Gasteiger partial charge in [-0.3, -0.25) is 9.69 Å². The average Bonchev–Trinajstić information content (AvgIpc) is 2.86. The summed E-state index contributed by atoms with van der Waals surface area (Å²) < 4.78 is 5.10. The third-order valence-corrected chi connectivity index (χ3v) is 5.37. The Morgan fingerprint density at radius 3 is 2.04 bits per heavy atom. The number of piperidine rings is 1. The number of hydrogen-bond donors (Lipinski definition) is 0. The molecule has 3 heteroatoms. The molecule has 2 aliphatic rings. The van der Waals surface area contributed by atoms with Gasteiger partial charge < -0.3 is 4.74 Å². The lowest BCUT2D eigenvalue weighted by molar-refractivity contribution is -0.144. The predicted molar refractivity (Wildman–Crippen MR) is 110 cm³/mol. The van der Waals surface area contributed by atoms with Crippen LogP contribution in [0.4, 0.5) is 0 Å². The smallest absolute Gasteiger partial charge is 0.320 e. The zero-order valence-corrected chi connectivity index (χ0v) is 15.8. The topological polar surface area (TPSA) is 29.5 Å². The van der Waals surface area contributed by atoms with Gasteiger partial charge in [-0.2, -0.15) is 0 Å². The van der Waals surface area contributed by atoms with Crippen molar-refractivity contribution in [2.75, 3.05) is 26.2 Å². The van der Waals surface area contributed by atoms with Gasteiger partial charge in [0, 0.05) is 13.1 Å². The monoisotopic (exact) mass is 359 g/mol. The van der Waals surface area contributed by atoms with Crippen molar-refractivity contribution in [3.05, 3.63) is 76.4 Å². The van der Waals surface area contributed by atoms with Crippen molar-refractivity contribution >= 4 is 23.7 Å². The number of benzene rings is 2. The van der Waals surface area contributed by atoms with E-state index in [0.29, 0.717) is 13.2 Å². The Morgan fingerprint density at radius 1 is 0.926 bits per heavy atom. The number of hydrogen-bond acceptors (Lipinski definition) is 3. The van der Waals surface area contributed by atoms with Crippen molar-refractivity contribution < 1.29 is 9.53 Å². The number of ether oxygens (including phenoxy) is 1.